The summed E-state index contributed by atoms with van der Waals surface area (Å²) in [6.07, 6.45) is 3.60. The predicted octanol–water partition coefficient (Wildman–Crippen LogP) is 1.53. The Morgan fingerprint density at radius 3 is 2.44 bits per heavy atom. The second kappa shape index (κ2) is 7.25. The Morgan fingerprint density at radius 2 is 1.94 bits per heavy atom. The van der Waals surface area contributed by atoms with E-state index >= 15 is 0 Å². The molecule has 0 spiro atoms. The van der Waals surface area contributed by atoms with E-state index in [1.807, 2.05) is 0 Å². The highest BCUT2D eigenvalue weighted by atomic mass is 15.2. The molecule has 1 atom stereocenters. The van der Waals surface area contributed by atoms with Gasteiger partial charge in [0.1, 0.15) is 0 Å². The van der Waals surface area contributed by atoms with Crippen LogP contribution in [-0.2, 0) is 0 Å². The van der Waals surface area contributed by atoms with Crippen molar-refractivity contribution in [2.75, 3.05) is 32.7 Å². The molecule has 1 rings (SSSR count). The molecule has 3 heteroatoms. The normalized spacial score (nSPS) is 21.6. The summed E-state index contributed by atoms with van der Waals surface area (Å²) < 4.78 is 0. The summed E-state index contributed by atoms with van der Waals surface area (Å²) >= 11 is 0. The average Bonchev–Trinajstić information content (AvgIpc) is 2.31. The van der Waals surface area contributed by atoms with Gasteiger partial charge in [0, 0.05) is 25.2 Å². The van der Waals surface area contributed by atoms with Crippen LogP contribution in [0.3, 0.4) is 0 Å². The fourth-order valence-corrected chi connectivity index (χ4v) is 2.39. The number of hydrogen-bond acceptors (Lipinski definition) is 3. The third kappa shape index (κ3) is 4.40. The minimum Gasteiger partial charge on any atom is -0.328 e. The van der Waals surface area contributed by atoms with Gasteiger partial charge in [0.15, 0.2) is 0 Å². The van der Waals surface area contributed by atoms with Gasteiger partial charge in [-0.25, -0.2) is 0 Å². The van der Waals surface area contributed by atoms with Crippen molar-refractivity contribution < 1.29 is 0 Å². The molecule has 2 N–H and O–H groups in total. The molecule has 1 fully saturated rings. The monoisotopic (exact) mass is 227 g/mol. The van der Waals surface area contributed by atoms with Gasteiger partial charge in [-0.15, -0.1) is 0 Å². The number of nitrogens with two attached hydrogens (primary N) is 1. The fourth-order valence-electron chi connectivity index (χ4n) is 2.39. The Labute approximate surface area is 101 Å². The van der Waals surface area contributed by atoms with E-state index in [2.05, 4.69) is 30.6 Å². The van der Waals surface area contributed by atoms with E-state index in [-0.39, 0.29) is 0 Å². The average molecular weight is 227 g/mol. The number of piperidine rings is 1. The first-order valence-corrected chi connectivity index (χ1v) is 6.89. The highest BCUT2D eigenvalue weighted by Crippen LogP contribution is 2.09. The molecule has 0 aromatic heterocycles. The standard InChI is InChI=1S/C13H29N3/c1-4-12(3)16(5-2)11-10-15-8-6-13(14)7-9-15/h12-13H,4-11,14H2,1-3H3. The largest absolute Gasteiger partial charge is 0.328 e. The zero-order chi connectivity index (χ0) is 12.0. The van der Waals surface area contributed by atoms with E-state index in [9.17, 15) is 0 Å². The number of rotatable bonds is 6. The first-order valence-electron chi connectivity index (χ1n) is 6.89. The van der Waals surface area contributed by atoms with Crippen LogP contribution in [0.25, 0.3) is 0 Å². The van der Waals surface area contributed by atoms with E-state index in [0.717, 1.165) is 6.04 Å². The van der Waals surface area contributed by atoms with Crippen LogP contribution in [0.2, 0.25) is 0 Å². The van der Waals surface area contributed by atoms with Crippen molar-refractivity contribution in [2.45, 2.75) is 52.1 Å². The third-order valence-electron chi connectivity index (χ3n) is 3.96. The smallest absolute Gasteiger partial charge is 0.0112 e. The Kier molecular flexibility index (Phi) is 6.32. The summed E-state index contributed by atoms with van der Waals surface area (Å²) in [5, 5.41) is 0. The lowest BCUT2D eigenvalue weighted by molar-refractivity contribution is 0.152. The molecule has 1 unspecified atom stereocenters. The van der Waals surface area contributed by atoms with Crippen molar-refractivity contribution in [1.29, 1.82) is 0 Å². The maximum Gasteiger partial charge on any atom is 0.0112 e. The molecule has 0 aromatic rings. The van der Waals surface area contributed by atoms with Crippen LogP contribution < -0.4 is 5.73 Å². The van der Waals surface area contributed by atoms with Crippen LogP contribution in [0, 0.1) is 0 Å². The molecule has 0 aliphatic carbocycles. The van der Waals surface area contributed by atoms with Gasteiger partial charge in [0.2, 0.25) is 0 Å². The van der Waals surface area contributed by atoms with E-state index < -0.39 is 0 Å². The van der Waals surface area contributed by atoms with Gasteiger partial charge in [-0.3, -0.25) is 4.90 Å². The van der Waals surface area contributed by atoms with Gasteiger partial charge in [-0.2, -0.15) is 0 Å². The van der Waals surface area contributed by atoms with Gasteiger partial charge in [0.05, 0.1) is 0 Å². The topological polar surface area (TPSA) is 32.5 Å². The predicted molar refractivity (Wildman–Crippen MR) is 70.6 cm³/mol. The van der Waals surface area contributed by atoms with Crippen LogP contribution in [-0.4, -0.2) is 54.6 Å². The van der Waals surface area contributed by atoms with Gasteiger partial charge in [0.25, 0.3) is 0 Å². The quantitative estimate of drug-likeness (QED) is 0.747. The molecule has 96 valence electrons. The number of nitrogens with zero attached hydrogens (tertiary/aromatic N) is 2. The summed E-state index contributed by atoms with van der Waals surface area (Å²) in [6.45, 7) is 12.8. The van der Waals surface area contributed by atoms with E-state index in [1.165, 1.54) is 52.0 Å². The number of hydrogen-bond donors (Lipinski definition) is 1. The minimum atomic E-state index is 0.452. The lowest BCUT2D eigenvalue weighted by atomic mass is 10.1. The molecule has 16 heavy (non-hydrogen) atoms. The number of likely N-dealkylation sites (N-methyl/N-ethyl adjacent to an activating group) is 1. The van der Waals surface area contributed by atoms with Crippen molar-refractivity contribution >= 4 is 0 Å². The van der Waals surface area contributed by atoms with Crippen molar-refractivity contribution in [1.82, 2.24) is 9.80 Å². The van der Waals surface area contributed by atoms with Gasteiger partial charge in [-0.05, 0) is 45.8 Å². The molecule has 1 aliphatic rings. The molecule has 0 saturated carbocycles. The molecule has 0 amide bonds. The summed E-state index contributed by atoms with van der Waals surface area (Å²) in [5.74, 6) is 0. The van der Waals surface area contributed by atoms with Gasteiger partial charge < -0.3 is 10.6 Å². The van der Waals surface area contributed by atoms with Gasteiger partial charge >= 0.3 is 0 Å². The summed E-state index contributed by atoms with van der Waals surface area (Å²) in [7, 11) is 0. The molecule has 3 nitrogen and oxygen atoms in total. The van der Waals surface area contributed by atoms with E-state index in [0.29, 0.717) is 6.04 Å². The zero-order valence-corrected chi connectivity index (χ0v) is 11.3. The van der Waals surface area contributed by atoms with Crippen LogP contribution in [0.4, 0.5) is 0 Å². The number of likely N-dealkylation sites (tertiary alicyclic amines) is 1. The Balaban J connectivity index is 2.22. The summed E-state index contributed by atoms with van der Waals surface area (Å²) in [6, 6.07) is 1.17. The first-order chi connectivity index (χ1) is 7.67. The molecule has 0 aromatic carbocycles. The molecule has 1 aliphatic heterocycles. The maximum absolute atomic E-state index is 5.91. The van der Waals surface area contributed by atoms with Gasteiger partial charge in [-0.1, -0.05) is 13.8 Å². The third-order valence-corrected chi connectivity index (χ3v) is 3.96. The highest BCUT2D eigenvalue weighted by molar-refractivity contribution is 4.75. The molecule has 0 bridgehead atoms. The lowest BCUT2D eigenvalue weighted by Gasteiger charge is -2.33. The highest BCUT2D eigenvalue weighted by Gasteiger charge is 2.17. The van der Waals surface area contributed by atoms with E-state index in [4.69, 9.17) is 5.73 Å². The molecular weight excluding hydrogens is 198 g/mol. The lowest BCUT2D eigenvalue weighted by Crippen LogP contribution is -2.44. The Hall–Kier alpha value is -0.120. The van der Waals surface area contributed by atoms with Crippen LogP contribution >= 0.6 is 0 Å². The van der Waals surface area contributed by atoms with Crippen LogP contribution in [0.15, 0.2) is 0 Å². The van der Waals surface area contributed by atoms with Crippen LogP contribution in [0.1, 0.15) is 40.0 Å². The fraction of sp³-hybridized carbons (Fsp3) is 1.00. The summed E-state index contributed by atoms with van der Waals surface area (Å²) in [4.78, 5) is 5.14. The maximum atomic E-state index is 5.91. The Bertz CT molecular complexity index is 176. The molecule has 1 heterocycles. The molecule has 0 radical (unpaired) electrons. The first kappa shape index (κ1) is 13.9. The summed E-state index contributed by atoms with van der Waals surface area (Å²) in [5.41, 5.74) is 5.91. The van der Waals surface area contributed by atoms with Crippen LogP contribution in [0.5, 0.6) is 0 Å². The Morgan fingerprint density at radius 1 is 1.31 bits per heavy atom. The van der Waals surface area contributed by atoms with Crippen molar-refractivity contribution in [3.8, 4) is 0 Å². The second-order valence-electron chi connectivity index (χ2n) is 5.06. The SMILES string of the molecule is CCC(C)N(CC)CCN1CCC(N)CC1. The zero-order valence-electron chi connectivity index (χ0n) is 11.3. The van der Waals surface area contributed by atoms with E-state index in [1.54, 1.807) is 0 Å². The minimum absolute atomic E-state index is 0.452. The van der Waals surface area contributed by atoms with Crippen molar-refractivity contribution in [2.24, 2.45) is 5.73 Å². The second-order valence-corrected chi connectivity index (χ2v) is 5.06. The molecular formula is C13H29N3. The molecule has 1 saturated heterocycles. The van der Waals surface area contributed by atoms with Crippen molar-refractivity contribution in [3.05, 3.63) is 0 Å². The van der Waals surface area contributed by atoms with Crippen molar-refractivity contribution in [3.63, 3.8) is 0 Å².